The lowest BCUT2D eigenvalue weighted by Gasteiger charge is -2.06. The average Bonchev–Trinajstić information content (AvgIpc) is 3.05. The van der Waals surface area contributed by atoms with E-state index in [0.717, 1.165) is 21.6 Å². The number of imidazole rings is 1. The van der Waals surface area contributed by atoms with Crippen molar-refractivity contribution in [3.05, 3.63) is 47.1 Å². The largest absolute Gasteiger partial charge is 0.480 e. The summed E-state index contributed by atoms with van der Waals surface area (Å²) in [4.78, 5) is 15.2. The first-order valence-electron chi connectivity index (χ1n) is 6.47. The van der Waals surface area contributed by atoms with Gasteiger partial charge in [0.25, 0.3) is 0 Å². The molecule has 0 spiro atoms. The second kappa shape index (κ2) is 5.67. The average molecular weight is 302 g/mol. The molecule has 2 heterocycles. The fourth-order valence-corrected chi connectivity index (χ4v) is 3.02. The van der Waals surface area contributed by atoms with Gasteiger partial charge in [-0.15, -0.1) is 11.3 Å². The third kappa shape index (κ3) is 2.68. The number of aliphatic carboxylic acids is 1. The molecule has 3 rings (SSSR count). The molecule has 1 N–H and O–H groups in total. The highest BCUT2D eigenvalue weighted by Gasteiger charge is 2.14. The van der Waals surface area contributed by atoms with Crippen molar-refractivity contribution in [1.82, 2.24) is 9.55 Å². The van der Waals surface area contributed by atoms with Crippen LogP contribution in [0.25, 0.3) is 16.0 Å². The third-order valence-corrected chi connectivity index (χ3v) is 3.99. The van der Waals surface area contributed by atoms with Gasteiger partial charge >= 0.3 is 5.97 Å². The van der Waals surface area contributed by atoms with Gasteiger partial charge in [0.2, 0.25) is 0 Å². The van der Waals surface area contributed by atoms with Crippen LogP contribution in [0.1, 0.15) is 11.4 Å². The molecule has 0 radical (unpaired) electrons. The van der Waals surface area contributed by atoms with Gasteiger partial charge in [-0.3, -0.25) is 4.57 Å². The van der Waals surface area contributed by atoms with Crippen LogP contribution in [0.4, 0.5) is 0 Å². The fraction of sp³-hybridized carbons (Fsp3) is 0.200. The summed E-state index contributed by atoms with van der Waals surface area (Å²) in [7, 11) is 0. The summed E-state index contributed by atoms with van der Waals surface area (Å²) in [6, 6.07) is 10.00. The van der Waals surface area contributed by atoms with Crippen LogP contribution in [0, 0.1) is 6.92 Å². The maximum absolute atomic E-state index is 10.6. The van der Waals surface area contributed by atoms with Crippen molar-refractivity contribution in [2.24, 2.45) is 0 Å². The van der Waals surface area contributed by atoms with E-state index in [1.165, 1.54) is 0 Å². The Balaban J connectivity index is 2.07. The smallest absolute Gasteiger partial charge is 0.329 e. The number of carboxylic acids is 1. The number of hydrogen-bond donors (Lipinski definition) is 1. The fourth-order valence-electron chi connectivity index (χ4n) is 2.26. The Hall–Kier alpha value is -2.18. The molecule has 0 fully saturated rings. The maximum atomic E-state index is 10.6. The van der Waals surface area contributed by atoms with Crippen LogP contribution >= 0.6 is 11.3 Å². The Bertz CT molecular complexity index is 778. The summed E-state index contributed by atoms with van der Waals surface area (Å²) in [5.74, 6) is -0.270. The minimum atomic E-state index is -0.982. The molecule has 21 heavy (non-hydrogen) atoms. The predicted octanol–water partition coefficient (Wildman–Crippen LogP) is 3.00. The lowest BCUT2D eigenvalue weighted by Crippen LogP contribution is -2.09. The standard InChI is InChI=1S/C15H14N2O3S/c1-10-4-2-5-11-15(10)16-12(8-20-9-14(18)19)17(11)13-6-3-7-21-13/h2-7H,8-9H2,1H3,(H,18,19). The number of hydrogen-bond acceptors (Lipinski definition) is 4. The van der Waals surface area contributed by atoms with Gasteiger partial charge in [0, 0.05) is 0 Å². The number of thiophene rings is 1. The first kappa shape index (κ1) is 13.8. The summed E-state index contributed by atoms with van der Waals surface area (Å²) in [5, 5.41) is 11.7. The van der Waals surface area contributed by atoms with Gasteiger partial charge in [0.1, 0.15) is 24.0 Å². The van der Waals surface area contributed by atoms with Crippen molar-refractivity contribution < 1.29 is 14.6 Å². The normalized spacial score (nSPS) is 11.1. The molecule has 0 aliphatic heterocycles. The summed E-state index contributed by atoms with van der Waals surface area (Å²) >= 11 is 1.61. The second-order valence-corrected chi connectivity index (χ2v) is 5.57. The van der Waals surface area contributed by atoms with Crippen LogP contribution in [-0.2, 0) is 16.1 Å². The van der Waals surface area contributed by atoms with Gasteiger partial charge < -0.3 is 9.84 Å². The minimum Gasteiger partial charge on any atom is -0.480 e. The van der Waals surface area contributed by atoms with E-state index in [1.54, 1.807) is 11.3 Å². The molecule has 0 bridgehead atoms. The van der Waals surface area contributed by atoms with E-state index in [4.69, 9.17) is 9.84 Å². The topological polar surface area (TPSA) is 64.3 Å². The molecule has 0 aliphatic carbocycles. The number of aryl methyl sites for hydroxylation is 1. The molecular formula is C15H14N2O3S. The van der Waals surface area contributed by atoms with Gasteiger partial charge in [-0.1, -0.05) is 12.1 Å². The van der Waals surface area contributed by atoms with Crippen LogP contribution in [0.3, 0.4) is 0 Å². The van der Waals surface area contributed by atoms with Crippen LogP contribution < -0.4 is 0 Å². The van der Waals surface area contributed by atoms with E-state index in [0.29, 0.717) is 5.82 Å². The Kier molecular flexibility index (Phi) is 3.72. The highest BCUT2D eigenvalue weighted by molar-refractivity contribution is 7.12. The minimum absolute atomic E-state index is 0.165. The third-order valence-electron chi connectivity index (χ3n) is 3.14. The van der Waals surface area contributed by atoms with E-state index in [9.17, 15) is 4.79 Å². The quantitative estimate of drug-likeness (QED) is 0.787. The molecule has 0 unspecified atom stereocenters. The van der Waals surface area contributed by atoms with Crippen molar-refractivity contribution >= 4 is 28.3 Å². The van der Waals surface area contributed by atoms with E-state index in [1.807, 2.05) is 47.2 Å². The highest BCUT2D eigenvalue weighted by atomic mass is 32.1. The summed E-state index contributed by atoms with van der Waals surface area (Å²) in [6.45, 7) is 1.85. The molecule has 0 atom stereocenters. The molecule has 6 heteroatoms. The number of rotatable bonds is 5. The van der Waals surface area contributed by atoms with E-state index < -0.39 is 5.97 Å². The van der Waals surface area contributed by atoms with Gasteiger partial charge in [-0.2, -0.15) is 0 Å². The Labute approximate surface area is 125 Å². The Morgan fingerprint density at radius 3 is 2.95 bits per heavy atom. The predicted molar refractivity (Wildman–Crippen MR) is 81.0 cm³/mol. The van der Waals surface area contributed by atoms with Gasteiger partial charge in [0.15, 0.2) is 0 Å². The van der Waals surface area contributed by atoms with Gasteiger partial charge in [0.05, 0.1) is 11.0 Å². The zero-order valence-corrected chi connectivity index (χ0v) is 12.3. The molecule has 0 saturated carbocycles. The van der Waals surface area contributed by atoms with E-state index >= 15 is 0 Å². The zero-order valence-electron chi connectivity index (χ0n) is 11.4. The summed E-state index contributed by atoms with van der Waals surface area (Å²) in [6.07, 6.45) is 0. The van der Waals surface area contributed by atoms with Crippen LogP contribution in [0.2, 0.25) is 0 Å². The van der Waals surface area contributed by atoms with Crippen LogP contribution in [0.15, 0.2) is 35.7 Å². The number of para-hydroxylation sites is 1. The van der Waals surface area contributed by atoms with Gasteiger partial charge in [-0.05, 0) is 36.1 Å². The molecular weight excluding hydrogens is 288 g/mol. The first-order chi connectivity index (χ1) is 10.2. The lowest BCUT2D eigenvalue weighted by atomic mass is 10.2. The van der Waals surface area contributed by atoms with Crippen molar-refractivity contribution in [1.29, 1.82) is 0 Å². The number of fused-ring (bicyclic) bond motifs is 1. The van der Waals surface area contributed by atoms with Crippen molar-refractivity contribution in [2.45, 2.75) is 13.5 Å². The number of carbonyl (C=O) groups is 1. The molecule has 5 nitrogen and oxygen atoms in total. The van der Waals surface area contributed by atoms with Crippen LogP contribution in [-0.4, -0.2) is 27.2 Å². The zero-order chi connectivity index (χ0) is 14.8. The number of ether oxygens (including phenoxy) is 1. The molecule has 0 saturated heterocycles. The Morgan fingerprint density at radius 1 is 1.38 bits per heavy atom. The molecule has 1 aromatic carbocycles. The number of carboxylic acid groups (broad SMARTS) is 1. The van der Waals surface area contributed by atoms with Crippen molar-refractivity contribution in [2.75, 3.05) is 6.61 Å². The number of benzene rings is 1. The molecule has 2 aromatic heterocycles. The maximum Gasteiger partial charge on any atom is 0.329 e. The molecule has 3 aromatic rings. The SMILES string of the molecule is Cc1cccc2c1nc(COCC(=O)O)n2-c1cccs1. The monoisotopic (exact) mass is 302 g/mol. The second-order valence-electron chi connectivity index (χ2n) is 4.64. The van der Waals surface area contributed by atoms with Gasteiger partial charge in [-0.25, -0.2) is 9.78 Å². The number of aromatic nitrogens is 2. The lowest BCUT2D eigenvalue weighted by molar-refractivity contribution is -0.142. The van der Waals surface area contributed by atoms with E-state index in [-0.39, 0.29) is 13.2 Å². The summed E-state index contributed by atoms with van der Waals surface area (Å²) < 4.78 is 7.23. The Morgan fingerprint density at radius 2 is 2.24 bits per heavy atom. The molecule has 0 aliphatic rings. The van der Waals surface area contributed by atoms with Crippen molar-refractivity contribution in [3.63, 3.8) is 0 Å². The summed E-state index contributed by atoms with van der Waals surface area (Å²) in [5.41, 5.74) is 3.01. The van der Waals surface area contributed by atoms with E-state index in [2.05, 4.69) is 4.98 Å². The number of nitrogens with zero attached hydrogens (tertiary/aromatic N) is 2. The van der Waals surface area contributed by atoms with Crippen LogP contribution in [0.5, 0.6) is 0 Å². The first-order valence-corrected chi connectivity index (χ1v) is 7.35. The molecule has 0 amide bonds. The highest BCUT2D eigenvalue weighted by Crippen LogP contribution is 2.26. The molecule has 108 valence electrons. The van der Waals surface area contributed by atoms with Crippen molar-refractivity contribution in [3.8, 4) is 5.00 Å².